The van der Waals surface area contributed by atoms with E-state index in [1.807, 2.05) is 0 Å². The van der Waals surface area contributed by atoms with Crippen molar-refractivity contribution < 1.29 is 22.7 Å². The van der Waals surface area contributed by atoms with Gasteiger partial charge in [0.1, 0.15) is 5.69 Å². The van der Waals surface area contributed by atoms with Gasteiger partial charge in [-0.05, 0) is 18.4 Å². The van der Waals surface area contributed by atoms with Gasteiger partial charge in [-0.2, -0.15) is 13.2 Å². The number of hydrogen-bond acceptors (Lipinski definition) is 5. The van der Waals surface area contributed by atoms with Crippen molar-refractivity contribution in [2.75, 3.05) is 45.8 Å². The first-order valence-electron chi connectivity index (χ1n) is 7.60. The number of alkyl halides is 3. The molecule has 1 fully saturated rings. The van der Waals surface area contributed by atoms with Crippen molar-refractivity contribution in [1.29, 1.82) is 0 Å². The van der Waals surface area contributed by atoms with Gasteiger partial charge >= 0.3 is 6.18 Å². The predicted molar refractivity (Wildman–Crippen MR) is 81.6 cm³/mol. The average Bonchev–Trinajstić information content (AvgIpc) is 2.83. The third-order valence-electron chi connectivity index (χ3n) is 3.82. The van der Waals surface area contributed by atoms with Crippen molar-refractivity contribution in [3.63, 3.8) is 0 Å². The zero-order chi connectivity index (χ0) is 17.9. The molecule has 9 heteroatoms. The van der Waals surface area contributed by atoms with Crippen LogP contribution in [0.1, 0.15) is 17.8 Å². The molecule has 0 bridgehead atoms. The van der Waals surface area contributed by atoms with Gasteiger partial charge in [0, 0.05) is 46.4 Å². The number of halogens is 3. The summed E-state index contributed by atoms with van der Waals surface area (Å²) in [6.07, 6.45) is -3.91. The van der Waals surface area contributed by atoms with Gasteiger partial charge in [-0.15, -0.1) is 0 Å². The molecular formula is C15H21F3N4O2. The van der Waals surface area contributed by atoms with Crippen molar-refractivity contribution in [3.8, 4) is 0 Å². The molecule has 2 rings (SSSR count). The summed E-state index contributed by atoms with van der Waals surface area (Å²) in [6.45, 7) is 1.44. The van der Waals surface area contributed by atoms with E-state index in [2.05, 4.69) is 9.97 Å². The Morgan fingerprint density at radius 2 is 2.08 bits per heavy atom. The Labute approximate surface area is 138 Å². The summed E-state index contributed by atoms with van der Waals surface area (Å²) >= 11 is 0. The van der Waals surface area contributed by atoms with Crippen LogP contribution >= 0.6 is 0 Å². The summed E-state index contributed by atoms with van der Waals surface area (Å²) in [4.78, 5) is 22.8. The molecule has 1 saturated heterocycles. The fraction of sp³-hybridized carbons (Fsp3) is 0.667. The van der Waals surface area contributed by atoms with Crippen LogP contribution in [0.4, 0.5) is 19.1 Å². The molecule has 0 aliphatic carbocycles. The number of likely N-dealkylation sites (tertiary alicyclic amines) is 1. The van der Waals surface area contributed by atoms with Crippen molar-refractivity contribution in [2.45, 2.75) is 19.0 Å². The van der Waals surface area contributed by atoms with E-state index in [4.69, 9.17) is 4.74 Å². The average molecular weight is 346 g/mol. The highest BCUT2D eigenvalue weighted by Gasteiger charge is 2.35. The van der Waals surface area contributed by atoms with Gasteiger partial charge in [-0.1, -0.05) is 0 Å². The van der Waals surface area contributed by atoms with Crippen LogP contribution in [-0.2, 0) is 22.1 Å². The smallest absolute Gasteiger partial charge is 0.383 e. The van der Waals surface area contributed by atoms with Crippen LogP contribution in [0.25, 0.3) is 0 Å². The van der Waals surface area contributed by atoms with E-state index in [0.717, 1.165) is 6.07 Å². The van der Waals surface area contributed by atoms with Gasteiger partial charge in [0.05, 0.1) is 6.61 Å². The molecule has 2 heterocycles. The van der Waals surface area contributed by atoms with E-state index in [-0.39, 0.29) is 17.8 Å². The van der Waals surface area contributed by atoms with Crippen molar-refractivity contribution in [3.05, 3.63) is 17.5 Å². The number of nitrogens with zero attached hydrogens (tertiary/aromatic N) is 4. The van der Waals surface area contributed by atoms with Crippen molar-refractivity contribution >= 4 is 11.9 Å². The van der Waals surface area contributed by atoms with Gasteiger partial charge in [-0.25, -0.2) is 9.97 Å². The Hall–Kier alpha value is -1.90. The molecule has 1 amide bonds. The lowest BCUT2D eigenvalue weighted by Crippen LogP contribution is -2.29. The molecule has 6 nitrogen and oxygen atoms in total. The quantitative estimate of drug-likeness (QED) is 0.783. The van der Waals surface area contributed by atoms with Gasteiger partial charge in [-0.3, -0.25) is 4.79 Å². The largest absolute Gasteiger partial charge is 0.433 e. The zero-order valence-electron chi connectivity index (χ0n) is 13.9. The second-order valence-corrected chi connectivity index (χ2v) is 6.04. The lowest BCUT2D eigenvalue weighted by molar-refractivity contribution is -0.141. The zero-order valence-corrected chi connectivity index (χ0v) is 13.9. The maximum absolute atomic E-state index is 13.0. The van der Waals surface area contributed by atoms with Gasteiger partial charge in [0.2, 0.25) is 11.9 Å². The molecule has 134 valence electrons. The first-order chi connectivity index (χ1) is 11.2. The topological polar surface area (TPSA) is 58.6 Å². The number of hydrogen-bond donors (Lipinski definition) is 0. The molecule has 1 aliphatic heterocycles. The predicted octanol–water partition coefficient (Wildman–Crippen LogP) is 1.60. The number of amides is 1. The maximum Gasteiger partial charge on any atom is 0.433 e. The summed E-state index contributed by atoms with van der Waals surface area (Å²) < 4.78 is 44.0. The first kappa shape index (κ1) is 18.4. The number of methoxy groups -OCH3 is 1. The number of rotatable bonds is 6. The van der Waals surface area contributed by atoms with E-state index in [1.165, 1.54) is 4.90 Å². The number of carbonyl (C=O) groups is 1. The Kier molecular flexibility index (Phi) is 5.63. The number of anilines is 1. The van der Waals surface area contributed by atoms with Crippen LogP contribution in [-0.4, -0.2) is 61.7 Å². The molecular weight excluding hydrogens is 325 g/mol. The third kappa shape index (κ3) is 4.56. The van der Waals surface area contributed by atoms with Crippen molar-refractivity contribution in [2.24, 2.45) is 5.92 Å². The second kappa shape index (κ2) is 7.33. The SMILES string of the molecule is COCCN1CC(Cc2cc(C(F)(F)F)nc(N(C)C)n2)CC1=O. The summed E-state index contributed by atoms with van der Waals surface area (Å²) in [6, 6.07) is 0.968. The number of ether oxygens (including phenoxy) is 1. The summed E-state index contributed by atoms with van der Waals surface area (Å²) in [5.74, 6) is -0.0456. The Bertz CT molecular complexity index is 593. The van der Waals surface area contributed by atoms with E-state index in [0.29, 0.717) is 38.2 Å². The van der Waals surface area contributed by atoms with Gasteiger partial charge in [0.25, 0.3) is 0 Å². The van der Waals surface area contributed by atoms with Gasteiger partial charge in [0.15, 0.2) is 0 Å². The molecule has 1 aromatic heterocycles. The molecule has 1 aliphatic rings. The maximum atomic E-state index is 13.0. The molecule has 0 spiro atoms. The van der Waals surface area contributed by atoms with Crippen LogP contribution in [0.3, 0.4) is 0 Å². The molecule has 24 heavy (non-hydrogen) atoms. The lowest BCUT2D eigenvalue weighted by Gasteiger charge is -2.17. The van der Waals surface area contributed by atoms with E-state index >= 15 is 0 Å². The molecule has 0 radical (unpaired) electrons. The lowest BCUT2D eigenvalue weighted by atomic mass is 10.0. The highest BCUT2D eigenvalue weighted by molar-refractivity contribution is 5.78. The summed E-state index contributed by atoms with van der Waals surface area (Å²) in [5, 5.41) is 0. The molecule has 1 aromatic rings. The molecule has 0 N–H and O–H groups in total. The minimum absolute atomic E-state index is 0.00464. The fourth-order valence-corrected chi connectivity index (χ4v) is 2.64. The Balaban J connectivity index is 2.15. The van der Waals surface area contributed by atoms with Crippen molar-refractivity contribution in [1.82, 2.24) is 14.9 Å². The molecule has 0 aromatic carbocycles. The highest BCUT2D eigenvalue weighted by Crippen LogP contribution is 2.30. The normalized spacial score (nSPS) is 18.3. The fourth-order valence-electron chi connectivity index (χ4n) is 2.64. The van der Waals surface area contributed by atoms with Crippen LogP contribution in [0.5, 0.6) is 0 Å². The van der Waals surface area contributed by atoms with Crippen LogP contribution in [0.15, 0.2) is 6.07 Å². The monoisotopic (exact) mass is 346 g/mol. The van der Waals surface area contributed by atoms with E-state index in [9.17, 15) is 18.0 Å². The number of carbonyl (C=O) groups excluding carboxylic acids is 1. The summed E-state index contributed by atoms with van der Waals surface area (Å²) in [7, 11) is 4.73. The Morgan fingerprint density at radius 1 is 1.38 bits per heavy atom. The van der Waals surface area contributed by atoms with Crippen LogP contribution in [0.2, 0.25) is 0 Å². The summed E-state index contributed by atoms with van der Waals surface area (Å²) in [5.41, 5.74) is -0.663. The Morgan fingerprint density at radius 3 is 2.67 bits per heavy atom. The molecule has 0 saturated carbocycles. The first-order valence-corrected chi connectivity index (χ1v) is 7.60. The van der Waals surface area contributed by atoms with E-state index < -0.39 is 11.9 Å². The number of aromatic nitrogens is 2. The second-order valence-electron chi connectivity index (χ2n) is 6.04. The molecule has 1 unspecified atom stereocenters. The minimum Gasteiger partial charge on any atom is -0.383 e. The standard InChI is InChI=1S/C15H21F3N4O2/c1-21(2)14-19-11(8-12(20-14)15(16,17)18)6-10-7-13(23)22(9-10)4-5-24-3/h8,10H,4-7,9H2,1-3H3. The minimum atomic E-state index is -4.53. The van der Waals surface area contributed by atoms with E-state index in [1.54, 1.807) is 26.1 Å². The van der Waals surface area contributed by atoms with Crippen LogP contribution < -0.4 is 4.90 Å². The third-order valence-corrected chi connectivity index (χ3v) is 3.82. The highest BCUT2D eigenvalue weighted by atomic mass is 19.4. The van der Waals surface area contributed by atoms with Gasteiger partial charge < -0.3 is 14.5 Å². The van der Waals surface area contributed by atoms with Crippen LogP contribution in [0, 0.1) is 5.92 Å². The molecule has 1 atom stereocenters.